The first kappa shape index (κ1) is 13.4. The lowest BCUT2D eigenvalue weighted by molar-refractivity contribution is 0.746. The lowest BCUT2D eigenvalue weighted by Gasteiger charge is -2.11. The highest BCUT2D eigenvalue weighted by Crippen LogP contribution is 2.20. The van der Waals surface area contributed by atoms with Crippen LogP contribution in [0.25, 0.3) is 5.69 Å². The smallest absolute Gasteiger partial charge is 0.0894 e. The Hall–Kier alpha value is -2.63. The predicted octanol–water partition coefficient (Wildman–Crippen LogP) is 2.18. The van der Waals surface area contributed by atoms with Crippen LogP contribution in [0.3, 0.4) is 0 Å². The number of aryl methyl sites for hydroxylation is 2. The van der Waals surface area contributed by atoms with Gasteiger partial charge >= 0.3 is 0 Å². The topological polar surface area (TPSA) is 60.6 Å². The summed E-state index contributed by atoms with van der Waals surface area (Å²) in [5.41, 5.74) is 4.35. The zero-order chi connectivity index (χ0) is 14.7. The van der Waals surface area contributed by atoms with Crippen molar-refractivity contribution in [2.45, 2.75) is 19.9 Å². The van der Waals surface area contributed by atoms with Crippen LogP contribution in [0.4, 0.5) is 5.69 Å². The van der Waals surface area contributed by atoms with Gasteiger partial charge in [-0.05, 0) is 18.6 Å². The number of nitrogens with one attached hydrogen (secondary N) is 1. The Labute approximate surface area is 123 Å². The van der Waals surface area contributed by atoms with Crippen LogP contribution < -0.4 is 5.32 Å². The van der Waals surface area contributed by atoms with E-state index in [1.165, 1.54) is 5.56 Å². The van der Waals surface area contributed by atoms with Crippen molar-refractivity contribution >= 4 is 5.69 Å². The van der Waals surface area contributed by atoms with Crippen molar-refractivity contribution in [2.24, 2.45) is 7.05 Å². The number of aromatic nitrogens is 5. The fraction of sp³-hybridized carbons (Fsp3) is 0.267. The van der Waals surface area contributed by atoms with E-state index >= 15 is 0 Å². The van der Waals surface area contributed by atoms with Crippen LogP contribution in [0, 0.1) is 0 Å². The fourth-order valence-electron chi connectivity index (χ4n) is 2.38. The molecule has 0 amide bonds. The molecule has 0 aliphatic rings. The minimum Gasteiger partial charge on any atom is -0.379 e. The van der Waals surface area contributed by atoms with Crippen molar-refractivity contribution in [3.8, 4) is 5.69 Å². The third-order valence-corrected chi connectivity index (χ3v) is 3.37. The van der Waals surface area contributed by atoms with Crippen molar-refractivity contribution in [1.82, 2.24) is 24.8 Å². The van der Waals surface area contributed by atoms with E-state index < -0.39 is 0 Å². The van der Waals surface area contributed by atoms with E-state index in [-0.39, 0.29) is 0 Å². The lowest BCUT2D eigenvalue weighted by Crippen LogP contribution is -2.05. The van der Waals surface area contributed by atoms with Crippen LogP contribution in [0.15, 0.2) is 42.9 Å². The van der Waals surface area contributed by atoms with Gasteiger partial charge in [0.25, 0.3) is 0 Å². The summed E-state index contributed by atoms with van der Waals surface area (Å²) >= 11 is 0. The second-order valence-electron chi connectivity index (χ2n) is 4.85. The molecular formula is C15H18N6. The first-order valence-corrected chi connectivity index (χ1v) is 6.99. The summed E-state index contributed by atoms with van der Waals surface area (Å²) in [5, 5.41) is 15.8. The lowest BCUT2D eigenvalue weighted by atomic mass is 10.2. The normalized spacial score (nSPS) is 10.8. The molecule has 1 N–H and O–H groups in total. The molecule has 0 spiro atoms. The molecule has 6 nitrogen and oxygen atoms in total. The molecule has 0 aliphatic heterocycles. The molecule has 0 radical (unpaired) electrons. The van der Waals surface area contributed by atoms with Crippen molar-refractivity contribution < 1.29 is 0 Å². The number of anilines is 1. The number of benzene rings is 1. The van der Waals surface area contributed by atoms with Crippen LogP contribution in [-0.2, 0) is 20.0 Å². The molecular weight excluding hydrogens is 264 g/mol. The molecule has 21 heavy (non-hydrogen) atoms. The number of hydrogen-bond acceptors (Lipinski definition) is 4. The molecule has 0 aliphatic carbocycles. The quantitative estimate of drug-likeness (QED) is 0.779. The van der Waals surface area contributed by atoms with Gasteiger partial charge in [0, 0.05) is 25.4 Å². The van der Waals surface area contributed by atoms with Crippen molar-refractivity contribution in [3.63, 3.8) is 0 Å². The molecule has 0 saturated carbocycles. The SMILES string of the molecule is CCc1nn(C)cc1CNc1ccccc1-n1ccnn1. The van der Waals surface area contributed by atoms with Gasteiger partial charge in [0.2, 0.25) is 0 Å². The van der Waals surface area contributed by atoms with Gasteiger partial charge in [0.1, 0.15) is 0 Å². The Morgan fingerprint density at radius 2 is 2.10 bits per heavy atom. The van der Waals surface area contributed by atoms with Crippen LogP contribution >= 0.6 is 0 Å². The van der Waals surface area contributed by atoms with E-state index in [1.807, 2.05) is 42.2 Å². The second-order valence-corrected chi connectivity index (χ2v) is 4.85. The average molecular weight is 282 g/mol. The van der Waals surface area contributed by atoms with E-state index in [9.17, 15) is 0 Å². The van der Waals surface area contributed by atoms with Crippen molar-refractivity contribution in [2.75, 3.05) is 5.32 Å². The minimum absolute atomic E-state index is 0.739. The Morgan fingerprint density at radius 3 is 2.86 bits per heavy atom. The highest BCUT2D eigenvalue weighted by molar-refractivity contribution is 5.60. The van der Waals surface area contributed by atoms with Crippen LogP contribution in [-0.4, -0.2) is 24.8 Å². The third-order valence-electron chi connectivity index (χ3n) is 3.37. The summed E-state index contributed by atoms with van der Waals surface area (Å²) in [6, 6.07) is 8.05. The van der Waals surface area contributed by atoms with Gasteiger partial charge < -0.3 is 5.32 Å². The summed E-state index contributed by atoms with van der Waals surface area (Å²) in [6.07, 6.45) is 6.50. The summed E-state index contributed by atoms with van der Waals surface area (Å²) in [6.45, 7) is 2.86. The van der Waals surface area contributed by atoms with E-state index in [2.05, 4.69) is 33.8 Å². The highest BCUT2D eigenvalue weighted by atomic mass is 15.4. The molecule has 2 heterocycles. The van der Waals surface area contributed by atoms with Crippen LogP contribution in [0.2, 0.25) is 0 Å². The number of nitrogens with zero attached hydrogens (tertiary/aromatic N) is 5. The molecule has 0 fully saturated rings. The second kappa shape index (κ2) is 5.78. The molecule has 0 unspecified atom stereocenters. The van der Waals surface area contributed by atoms with Crippen LogP contribution in [0.5, 0.6) is 0 Å². The molecule has 3 aromatic rings. The average Bonchev–Trinajstić information content (AvgIpc) is 3.14. The van der Waals surface area contributed by atoms with E-state index in [1.54, 1.807) is 10.9 Å². The number of rotatable bonds is 5. The maximum atomic E-state index is 4.46. The summed E-state index contributed by atoms with van der Waals surface area (Å²) < 4.78 is 3.62. The summed E-state index contributed by atoms with van der Waals surface area (Å²) in [4.78, 5) is 0. The largest absolute Gasteiger partial charge is 0.379 e. The maximum absolute atomic E-state index is 4.46. The first-order valence-electron chi connectivity index (χ1n) is 6.99. The van der Waals surface area contributed by atoms with Crippen molar-refractivity contribution in [3.05, 3.63) is 54.1 Å². The Morgan fingerprint density at radius 1 is 1.24 bits per heavy atom. The van der Waals surface area contributed by atoms with Gasteiger partial charge in [-0.2, -0.15) is 5.10 Å². The fourth-order valence-corrected chi connectivity index (χ4v) is 2.38. The van der Waals surface area contributed by atoms with E-state index in [0.717, 1.165) is 30.0 Å². The Bertz CT molecular complexity index is 714. The number of hydrogen-bond donors (Lipinski definition) is 1. The molecule has 1 aromatic carbocycles. The molecule has 0 saturated heterocycles. The molecule has 6 heteroatoms. The third kappa shape index (κ3) is 2.79. The van der Waals surface area contributed by atoms with Gasteiger partial charge in [0.05, 0.1) is 29.5 Å². The van der Waals surface area contributed by atoms with E-state index in [0.29, 0.717) is 0 Å². The summed E-state index contributed by atoms with van der Waals surface area (Å²) in [7, 11) is 1.95. The molecule has 3 rings (SSSR count). The molecule has 2 aromatic heterocycles. The van der Waals surface area contributed by atoms with Gasteiger partial charge in [-0.1, -0.05) is 24.3 Å². The maximum Gasteiger partial charge on any atom is 0.0894 e. The van der Waals surface area contributed by atoms with Gasteiger partial charge in [-0.25, -0.2) is 4.68 Å². The highest BCUT2D eigenvalue weighted by Gasteiger charge is 2.08. The zero-order valence-corrected chi connectivity index (χ0v) is 12.2. The zero-order valence-electron chi connectivity index (χ0n) is 12.2. The number of para-hydroxylation sites is 2. The predicted molar refractivity (Wildman–Crippen MR) is 81.3 cm³/mol. The van der Waals surface area contributed by atoms with Gasteiger partial charge in [-0.15, -0.1) is 5.10 Å². The monoisotopic (exact) mass is 282 g/mol. The minimum atomic E-state index is 0.739. The van der Waals surface area contributed by atoms with E-state index in [4.69, 9.17) is 0 Å². The Kier molecular flexibility index (Phi) is 3.68. The van der Waals surface area contributed by atoms with Gasteiger partial charge in [0.15, 0.2) is 0 Å². The standard InChI is InChI=1S/C15H18N6/c1-3-13-12(11-20(2)18-13)10-16-14-6-4-5-7-15(14)21-9-8-17-19-21/h4-9,11,16H,3,10H2,1-2H3. The van der Waals surface area contributed by atoms with Crippen LogP contribution in [0.1, 0.15) is 18.2 Å². The molecule has 0 bridgehead atoms. The van der Waals surface area contributed by atoms with Gasteiger partial charge in [-0.3, -0.25) is 4.68 Å². The Balaban J connectivity index is 1.82. The molecule has 108 valence electrons. The van der Waals surface area contributed by atoms with Crippen molar-refractivity contribution in [1.29, 1.82) is 0 Å². The summed E-state index contributed by atoms with van der Waals surface area (Å²) in [5.74, 6) is 0. The molecule has 0 atom stereocenters. The first-order chi connectivity index (χ1) is 10.3.